The summed E-state index contributed by atoms with van der Waals surface area (Å²) in [4.78, 5) is 14.5. The molecule has 1 saturated heterocycles. The summed E-state index contributed by atoms with van der Waals surface area (Å²) in [5, 5.41) is 18.9. The third-order valence-electron chi connectivity index (χ3n) is 4.37. The van der Waals surface area contributed by atoms with E-state index in [0.717, 1.165) is 37.3 Å². The highest BCUT2D eigenvalue weighted by Crippen LogP contribution is 2.23. The molecule has 1 amide bonds. The molecule has 1 fully saturated rings. The van der Waals surface area contributed by atoms with Gasteiger partial charge >= 0.3 is 0 Å². The van der Waals surface area contributed by atoms with Gasteiger partial charge in [0.25, 0.3) is 0 Å². The highest BCUT2D eigenvalue weighted by Gasteiger charge is 2.27. The summed E-state index contributed by atoms with van der Waals surface area (Å²) >= 11 is 1.38. The molecule has 3 rings (SSSR count). The summed E-state index contributed by atoms with van der Waals surface area (Å²) in [7, 11) is 0. The van der Waals surface area contributed by atoms with Crippen molar-refractivity contribution in [2.24, 2.45) is 0 Å². The van der Waals surface area contributed by atoms with E-state index in [0.29, 0.717) is 23.2 Å². The van der Waals surface area contributed by atoms with Gasteiger partial charge in [0.2, 0.25) is 5.91 Å². The molecule has 0 unspecified atom stereocenters. The standard InChI is InChI=1S/C17H21N5OS/c1-12-8-13(2)22(20-12)10-15-4-3-6-21(15)11-16(23)19-17-14(9-18)5-7-24-17/h5,7-8,15H,3-4,6,10-11H2,1-2H3,(H,19,23)/t15-/m1/s1. The molecule has 1 aliphatic rings. The maximum atomic E-state index is 12.3. The normalized spacial score (nSPS) is 17.8. The maximum Gasteiger partial charge on any atom is 0.239 e. The summed E-state index contributed by atoms with van der Waals surface area (Å²) in [5.74, 6) is -0.0609. The first-order chi connectivity index (χ1) is 11.6. The predicted molar refractivity (Wildman–Crippen MR) is 94.0 cm³/mol. The molecule has 0 aliphatic carbocycles. The van der Waals surface area contributed by atoms with Crippen molar-refractivity contribution in [1.82, 2.24) is 14.7 Å². The molecule has 1 atom stereocenters. The summed E-state index contributed by atoms with van der Waals surface area (Å²) < 4.78 is 2.03. The Morgan fingerprint density at radius 1 is 1.54 bits per heavy atom. The van der Waals surface area contributed by atoms with Crippen LogP contribution in [0.3, 0.4) is 0 Å². The highest BCUT2D eigenvalue weighted by atomic mass is 32.1. The van der Waals surface area contributed by atoms with E-state index in [1.165, 1.54) is 11.3 Å². The smallest absolute Gasteiger partial charge is 0.239 e. The quantitative estimate of drug-likeness (QED) is 0.905. The Morgan fingerprint density at radius 2 is 2.38 bits per heavy atom. The molecule has 7 heteroatoms. The van der Waals surface area contributed by atoms with Crippen molar-refractivity contribution in [3.63, 3.8) is 0 Å². The number of aromatic nitrogens is 2. The molecule has 1 N–H and O–H groups in total. The zero-order chi connectivity index (χ0) is 17.1. The van der Waals surface area contributed by atoms with Gasteiger partial charge in [-0.3, -0.25) is 14.4 Å². The number of anilines is 1. The van der Waals surface area contributed by atoms with Crippen molar-refractivity contribution in [1.29, 1.82) is 5.26 Å². The molecule has 0 aromatic carbocycles. The minimum Gasteiger partial charge on any atom is -0.315 e. The van der Waals surface area contributed by atoms with Gasteiger partial charge < -0.3 is 5.32 Å². The second-order valence-electron chi connectivity index (χ2n) is 6.20. The molecule has 0 saturated carbocycles. The fraction of sp³-hybridized carbons (Fsp3) is 0.471. The van der Waals surface area contributed by atoms with Crippen LogP contribution >= 0.6 is 11.3 Å². The number of rotatable bonds is 5. The third kappa shape index (κ3) is 3.66. The molecule has 126 valence electrons. The van der Waals surface area contributed by atoms with E-state index >= 15 is 0 Å². The average molecular weight is 343 g/mol. The van der Waals surface area contributed by atoms with E-state index < -0.39 is 0 Å². The van der Waals surface area contributed by atoms with Crippen molar-refractivity contribution in [2.75, 3.05) is 18.4 Å². The average Bonchev–Trinajstić information content (AvgIpc) is 3.22. The molecule has 0 spiro atoms. The van der Waals surface area contributed by atoms with Gasteiger partial charge in [0.05, 0.1) is 24.3 Å². The van der Waals surface area contributed by atoms with Gasteiger partial charge in [-0.2, -0.15) is 10.4 Å². The van der Waals surface area contributed by atoms with E-state index in [1.54, 1.807) is 6.07 Å². The Kier molecular flexibility index (Phi) is 4.97. The molecule has 0 bridgehead atoms. The molecule has 3 heterocycles. The topological polar surface area (TPSA) is 74.0 Å². The van der Waals surface area contributed by atoms with Gasteiger partial charge in [0, 0.05) is 11.7 Å². The zero-order valence-electron chi connectivity index (χ0n) is 14.0. The molecule has 6 nitrogen and oxygen atoms in total. The summed E-state index contributed by atoms with van der Waals surface area (Å²) in [5.41, 5.74) is 2.70. The van der Waals surface area contributed by atoms with Crippen molar-refractivity contribution >= 4 is 22.2 Å². The maximum absolute atomic E-state index is 12.3. The first kappa shape index (κ1) is 16.7. The van der Waals surface area contributed by atoms with E-state index in [2.05, 4.69) is 34.4 Å². The molecule has 1 aliphatic heterocycles. The minimum absolute atomic E-state index is 0.0609. The SMILES string of the molecule is Cc1cc(C)n(C[C@H]2CCCN2CC(=O)Nc2sccc2C#N)n1. The number of carbonyl (C=O) groups excluding carboxylic acids is 1. The summed E-state index contributed by atoms with van der Waals surface area (Å²) in [6.07, 6.45) is 2.17. The number of hydrogen-bond donors (Lipinski definition) is 1. The van der Waals surface area contributed by atoms with Crippen LogP contribution in [0.2, 0.25) is 0 Å². The zero-order valence-corrected chi connectivity index (χ0v) is 14.8. The predicted octanol–water partition coefficient (Wildman–Crippen LogP) is 2.54. The number of nitrogens with one attached hydrogen (secondary N) is 1. The number of hydrogen-bond acceptors (Lipinski definition) is 5. The van der Waals surface area contributed by atoms with Crippen LogP contribution in [-0.2, 0) is 11.3 Å². The number of nitriles is 1. The van der Waals surface area contributed by atoms with Crippen LogP contribution < -0.4 is 5.32 Å². The molecule has 2 aromatic rings. The minimum atomic E-state index is -0.0609. The lowest BCUT2D eigenvalue weighted by molar-refractivity contribution is -0.117. The Labute approximate surface area is 145 Å². The Morgan fingerprint density at radius 3 is 3.08 bits per heavy atom. The van der Waals surface area contributed by atoms with E-state index in [9.17, 15) is 4.79 Å². The number of thiophene rings is 1. The second-order valence-corrected chi connectivity index (χ2v) is 7.12. The van der Waals surface area contributed by atoms with Crippen molar-refractivity contribution in [3.05, 3.63) is 34.5 Å². The third-order valence-corrected chi connectivity index (χ3v) is 5.20. The number of aryl methyl sites for hydroxylation is 2. The van der Waals surface area contributed by atoms with E-state index in [-0.39, 0.29) is 5.91 Å². The first-order valence-electron chi connectivity index (χ1n) is 8.09. The van der Waals surface area contributed by atoms with Gasteiger partial charge in [0.1, 0.15) is 11.1 Å². The van der Waals surface area contributed by atoms with Crippen molar-refractivity contribution in [3.8, 4) is 6.07 Å². The highest BCUT2D eigenvalue weighted by molar-refractivity contribution is 7.14. The Balaban J connectivity index is 1.60. The van der Waals surface area contributed by atoms with Crippen LogP contribution in [0.1, 0.15) is 29.8 Å². The number of amides is 1. The van der Waals surface area contributed by atoms with E-state index in [1.807, 2.05) is 17.0 Å². The van der Waals surface area contributed by atoms with Gasteiger partial charge in [-0.15, -0.1) is 11.3 Å². The van der Waals surface area contributed by atoms with Gasteiger partial charge in [-0.05, 0) is 50.7 Å². The second kappa shape index (κ2) is 7.16. The lowest BCUT2D eigenvalue weighted by Crippen LogP contribution is -2.39. The van der Waals surface area contributed by atoms with Gasteiger partial charge in [0.15, 0.2) is 0 Å². The monoisotopic (exact) mass is 343 g/mol. The summed E-state index contributed by atoms with van der Waals surface area (Å²) in [6, 6.07) is 6.22. The number of likely N-dealkylation sites (tertiary alicyclic amines) is 1. The Hall–Kier alpha value is -2.17. The van der Waals surface area contributed by atoms with Crippen LogP contribution in [0.25, 0.3) is 0 Å². The Bertz CT molecular complexity index is 772. The fourth-order valence-corrected chi connectivity index (χ4v) is 3.97. The fourth-order valence-electron chi connectivity index (χ4n) is 3.21. The molecular formula is C17H21N5OS. The van der Waals surface area contributed by atoms with Crippen LogP contribution in [0, 0.1) is 25.2 Å². The van der Waals surface area contributed by atoms with Crippen LogP contribution in [-0.4, -0.2) is 39.7 Å². The van der Waals surface area contributed by atoms with Crippen LogP contribution in [0.5, 0.6) is 0 Å². The number of carbonyl (C=O) groups is 1. The van der Waals surface area contributed by atoms with E-state index in [4.69, 9.17) is 5.26 Å². The van der Waals surface area contributed by atoms with Crippen LogP contribution in [0.4, 0.5) is 5.00 Å². The van der Waals surface area contributed by atoms with Gasteiger partial charge in [-0.25, -0.2) is 0 Å². The summed E-state index contributed by atoms with van der Waals surface area (Å²) in [6.45, 7) is 6.15. The van der Waals surface area contributed by atoms with Crippen molar-refractivity contribution < 1.29 is 4.79 Å². The van der Waals surface area contributed by atoms with Crippen molar-refractivity contribution in [2.45, 2.75) is 39.3 Å². The largest absolute Gasteiger partial charge is 0.315 e. The van der Waals surface area contributed by atoms with Crippen LogP contribution in [0.15, 0.2) is 17.5 Å². The lowest BCUT2D eigenvalue weighted by Gasteiger charge is -2.24. The number of nitrogens with zero attached hydrogens (tertiary/aromatic N) is 4. The molecule has 2 aromatic heterocycles. The lowest BCUT2D eigenvalue weighted by atomic mass is 10.2. The molecule has 0 radical (unpaired) electrons. The molecular weight excluding hydrogens is 322 g/mol. The first-order valence-corrected chi connectivity index (χ1v) is 8.97. The van der Waals surface area contributed by atoms with Gasteiger partial charge in [-0.1, -0.05) is 0 Å². The molecule has 24 heavy (non-hydrogen) atoms.